The third-order valence-corrected chi connectivity index (χ3v) is 12.6. The fourth-order valence-corrected chi connectivity index (χ4v) is 8.02. The lowest BCUT2D eigenvalue weighted by Gasteiger charge is -2.40. The van der Waals surface area contributed by atoms with E-state index < -0.39 is 67.3 Å². The Kier molecular flexibility index (Phi) is 49.7. The number of hydrogen-bond acceptors (Lipinski definition) is 11. The molecule has 0 aromatic heterocycles. The van der Waals surface area contributed by atoms with Crippen LogP contribution in [0.15, 0.2) is 158 Å². The van der Waals surface area contributed by atoms with Crippen LogP contribution in [0.1, 0.15) is 201 Å². The van der Waals surface area contributed by atoms with Crippen LogP contribution in [0.5, 0.6) is 0 Å². The Morgan fingerprint density at radius 1 is 0.407 bits per heavy atom. The molecule has 0 spiro atoms. The summed E-state index contributed by atoms with van der Waals surface area (Å²) in [6.45, 7) is 5.56. The fraction of sp³-hybridized carbons (Fsp3) is 0.565. The van der Waals surface area contributed by atoms with E-state index in [2.05, 4.69) is 179 Å². The average Bonchev–Trinajstić information content (AvgIpc) is 3.53. The van der Waals surface area contributed by atoms with Gasteiger partial charge in [-0.3, -0.25) is 14.4 Å². The first kappa shape index (κ1) is 73.4. The minimum atomic E-state index is -1.93. The van der Waals surface area contributed by atoms with Gasteiger partial charge >= 0.3 is 23.9 Å². The van der Waals surface area contributed by atoms with E-state index in [9.17, 15) is 34.5 Å². The van der Waals surface area contributed by atoms with Crippen LogP contribution in [0.3, 0.4) is 0 Å². The second-order valence-corrected chi connectivity index (χ2v) is 19.8. The van der Waals surface area contributed by atoms with Crippen molar-refractivity contribution in [2.75, 3.05) is 13.2 Å². The number of carboxylic acids is 1. The summed E-state index contributed by atoms with van der Waals surface area (Å²) in [4.78, 5) is 51.2. The van der Waals surface area contributed by atoms with Crippen LogP contribution in [0.25, 0.3) is 0 Å². The van der Waals surface area contributed by atoms with E-state index in [0.717, 1.165) is 141 Å². The van der Waals surface area contributed by atoms with Gasteiger partial charge in [0.2, 0.25) is 0 Å². The highest BCUT2D eigenvalue weighted by molar-refractivity contribution is 5.74. The van der Waals surface area contributed by atoms with Gasteiger partial charge in [-0.15, -0.1) is 0 Å². The molecule has 1 saturated heterocycles. The van der Waals surface area contributed by atoms with E-state index in [0.29, 0.717) is 19.3 Å². The molecule has 81 heavy (non-hydrogen) atoms. The smallest absolute Gasteiger partial charge is 0.335 e. The predicted molar refractivity (Wildman–Crippen MR) is 330 cm³/mol. The molecule has 452 valence electrons. The number of unbranched alkanes of at least 4 members (excludes halogenated alkanes) is 9. The van der Waals surface area contributed by atoms with Gasteiger partial charge in [-0.1, -0.05) is 198 Å². The quantitative estimate of drug-likeness (QED) is 0.0228. The van der Waals surface area contributed by atoms with Crippen molar-refractivity contribution < 1.29 is 58.2 Å². The Labute approximate surface area is 488 Å². The van der Waals surface area contributed by atoms with Crippen molar-refractivity contribution in [1.29, 1.82) is 0 Å². The first-order valence-corrected chi connectivity index (χ1v) is 30.5. The molecule has 0 amide bonds. The van der Waals surface area contributed by atoms with Gasteiger partial charge in [-0.05, 0) is 141 Å². The normalized spacial score (nSPS) is 18.9. The number of rotatable bonds is 49. The highest BCUT2D eigenvalue weighted by atomic mass is 16.7. The maximum Gasteiger partial charge on any atom is 0.335 e. The zero-order chi connectivity index (χ0) is 58.9. The third-order valence-electron chi connectivity index (χ3n) is 12.6. The Morgan fingerprint density at radius 3 is 1.15 bits per heavy atom. The Hall–Kier alpha value is -5.66. The molecule has 6 unspecified atom stereocenters. The molecule has 0 saturated carbocycles. The maximum absolute atomic E-state index is 13.2. The first-order chi connectivity index (χ1) is 39.6. The van der Waals surface area contributed by atoms with E-state index in [1.165, 1.54) is 0 Å². The lowest BCUT2D eigenvalue weighted by Crippen LogP contribution is -2.61. The number of carboxylic acid groups (broad SMARTS) is 1. The molecule has 0 aromatic rings. The molecule has 6 atom stereocenters. The van der Waals surface area contributed by atoms with Gasteiger partial charge < -0.3 is 39.0 Å². The average molecular weight is 1130 g/mol. The summed E-state index contributed by atoms with van der Waals surface area (Å²) in [7, 11) is 0. The summed E-state index contributed by atoms with van der Waals surface area (Å²) in [5.41, 5.74) is 0. The SMILES string of the molecule is CC/C=C\C/C=C\C/C=C\C/C=C\C/C=C\CCCCCC(=O)OCC(COC1OC(C(=O)O)C(O)C(O)C1OC(=O)CCCCCC/C=C\C/C=C\C/C=C\C/C=C\CC)OC(=O)CCCC/C=C\C/C=C\C/C=C\C/C=C\CC. The summed E-state index contributed by atoms with van der Waals surface area (Å²) in [5.74, 6) is -3.28. The highest BCUT2D eigenvalue weighted by Crippen LogP contribution is 2.26. The monoisotopic (exact) mass is 1120 g/mol. The largest absolute Gasteiger partial charge is 0.479 e. The topological polar surface area (TPSA) is 175 Å². The first-order valence-electron chi connectivity index (χ1n) is 30.5. The zero-order valence-electron chi connectivity index (χ0n) is 49.7. The molecule has 1 heterocycles. The van der Waals surface area contributed by atoms with Crippen molar-refractivity contribution >= 4 is 23.9 Å². The van der Waals surface area contributed by atoms with Crippen LogP contribution in [0, 0.1) is 0 Å². The number of hydrogen-bond donors (Lipinski definition) is 3. The van der Waals surface area contributed by atoms with Gasteiger partial charge in [0, 0.05) is 19.3 Å². The van der Waals surface area contributed by atoms with Crippen LogP contribution in [-0.4, -0.2) is 89.2 Å². The number of carbonyl (C=O) groups excluding carboxylic acids is 3. The summed E-state index contributed by atoms with van der Waals surface area (Å²) in [5, 5.41) is 31.5. The molecule has 1 fully saturated rings. The number of carbonyl (C=O) groups is 4. The molecule has 1 rings (SSSR count). The zero-order valence-corrected chi connectivity index (χ0v) is 49.7. The van der Waals surface area contributed by atoms with E-state index in [-0.39, 0.29) is 25.9 Å². The van der Waals surface area contributed by atoms with E-state index in [1.807, 2.05) is 0 Å². The summed E-state index contributed by atoms with van der Waals surface area (Å²) < 4.78 is 28.4. The Balaban J connectivity index is 2.76. The minimum Gasteiger partial charge on any atom is -0.479 e. The van der Waals surface area contributed by atoms with Crippen molar-refractivity contribution in [3.8, 4) is 0 Å². The number of allylic oxidation sites excluding steroid dienone is 26. The van der Waals surface area contributed by atoms with Crippen LogP contribution in [0.2, 0.25) is 0 Å². The highest BCUT2D eigenvalue weighted by Gasteiger charge is 2.50. The molecule has 12 heteroatoms. The van der Waals surface area contributed by atoms with Crippen molar-refractivity contribution in [2.45, 2.75) is 237 Å². The third kappa shape index (κ3) is 44.7. The minimum absolute atomic E-state index is 0.0141. The van der Waals surface area contributed by atoms with Gasteiger partial charge in [0.25, 0.3) is 0 Å². The number of aliphatic carboxylic acids is 1. The van der Waals surface area contributed by atoms with Gasteiger partial charge in [0.05, 0.1) is 6.61 Å². The Bertz CT molecular complexity index is 2010. The molecule has 12 nitrogen and oxygen atoms in total. The van der Waals surface area contributed by atoms with Gasteiger partial charge in [0.15, 0.2) is 24.6 Å². The summed E-state index contributed by atoms with van der Waals surface area (Å²) in [6, 6.07) is 0. The molecule has 1 aliphatic heterocycles. The van der Waals surface area contributed by atoms with Gasteiger partial charge in [-0.2, -0.15) is 0 Å². The maximum atomic E-state index is 13.2. The van der Waals surface area contributed by atoms with Crippen molar-refractivity contribution in [3.05, 3.63) is 158 Å². The van der Waals surface area contributed by atoms with Crippen molar-refractivity contribution in [1.82, 2.24) is 0 Å². The molecular weight excluding hydrogens is 1020 g/mol. The van der Waals surface area contributed by atoms with E-state index in [1.54, 1.807) is 0 Å². The number of ether oxygens (including phenoxy) is 5. The second-order valence-electron chi connectivity index (χ2n) is 19.8. The van der Waals surface area contributed by atoms with Crippen LogP contribution in [0.4, 0.5) is 0 Å². The lowest BCUT2D eigenvalue weighted by molar-refractivity contribution is -0.301. The molecule has 3 N–H and O–H groups in total. The van der Waals surface area contributed by atoms with Crippen LogP contribution < -0.4 is 0 Å². The molecule has 1 aliphatic rings. The van der Waals surface area contributed by atoms with Gasteiger partial charge in [0.1, 0.15) is 18.8 Å². The molecule has 0 radical (unpaired) electrons. The summed E-state index contributed by atoms with van der Waals surface area (Å²) in [6.07, 6.45) is 67.8. The Morgan fingerprint density at radius 2 is 0.741 bits per heavy atom. The second kappa shape index (κ2) is 54.9. The van der Waals surface area contributed by atoms with E-state index >= 15 is 0 Å². The van der Waals surface area contributed by atoms with Gasteiger partial charge in [-0.25, -0.2) is 4.79 Å². The van der Waals surface area contributed by atoms with Crippen molar-refractivity contribution in [3.63, 3.8) is 0 Å². The lowest BCUT2D eigenvalue weighted by atomic mass is 9.98. The number of esters is 3. The standard InChI is InChI=1S/C69H104O12/c1-4-7-10-13-16-19-22-25-28-30-31-33-35-37-40-43-46-49-52-55-61(70)77-58-60(79-62(71)56-53-50-47-44-41-38-34-27-24-21-18-15-12-9-6-3)59-78-69-67(65(74)64(73)66(81-69)68(75)76)80-63(72)57-54-51-48-45-42-39-36-32-29-26-23-20-17-14-11-8-5-2/h7-12,16-21,25-29,31,33-34,36-37,39-41,44,60,64-67,69,73-74H,4-6,13-15,22-24,30,32,35,38,42-43,45-59H2,1-3H3,(H,75,76)/b10-7-,11-8-,12-9-,19-16-,20-17-,21-18-,28-25-,29-26-,33-31-,34-27-,39-36-,40-37-,44-41-. The van der Waals surface area contributed by atoms with Crippen LogP contribution in [-0.2, 0) is 42.9 Å². The van der Waals surface area contributed by atoms with E-state index in [4.69, 9.17) is 23.7 Å². The number of aliphatic hydroxyl groups is 2. The molecule has 0 aromatic carbocycles. The van der Waals surface area contributed by atoms with Crippen molar-refractivity contribution in [2.24, 2.45) is 0 Å². The molecular formula is C69H104O12. The number of aliphatic hydroxyl groups excluding tert-OH is 2. The molecule has 0 bridgehead atoms. The molecule has 0 aliphatic carbocycles. The van der Waals surface area contributed by atoms with Crippen LogP contribution >= 0.6 is 0 Å². The predicted octanol–water partition coefficient (Wildman–Crippen LogP) is 16.1. The fourth-order valence-electron chi connectivity index (χ4n) is 8.02. The summed E-state index contributed by atoms with van der Waals surface area (Å²) >= 11 is 0.